The van der Waals surface area contributed by atoms with Crippen LogP contribution in [0.5, 0.6) is 0 Å². The lowest BCUT2D eigenvalue weighted by molar-refractivity contribution is 0.0571. The Balaban J connectivity index is 1.59. The zero-order chi connectivity index (χ0) is 21.3. The number of amides is 3. The lowest BCUT2D eigenvalue weighted by Gasteiger charge is -2.39. The van der Waals surface area contributed by atoms with Crippen molar-refractivity contribution < 1.29 is 9.59 Å². The molecule has 3 aromatic rings. The predicted octanol–water partition coefficient (Wildman–Crippen LogP) is 3.94. The SMILES string of the molecule is CCNC(=O)N1CCN(C(=O)c2cc3ccsc3n2Cc2ccccc2C)C[C@@H]1C. The second-order valence-electron chi connectivity index (χ2n) is 7.85. The van der Waals surface area contributed by atoms with Gasteiger partial charge in [-0.25, -0.2) is 4.79 Å². The first-order valence-electron chi connectivity index (χ1n) is 10.4. The van der Waals surface area contributed by atoms with Crippen molar-refractivity contribution >= 4 is 33.5 Å². The zero-order valence-corrected chi connectivity index (χ0v) is 18.5. The molecule has 2 aromatic heterocycles. The van der Waals surface area contributed by atoms with Gasteiger partial charge in [-0.05, 0) is 49.4 Å². The molecule has 1 fully saturated rings. The van der Waals surface area contributed by atoms with Crippen molar-refractivity contribution in [2.45, 2.75) is 33.4 Å². The Bertz CT molecular complexity index is 1070. The molecule has 3 amide bonds. The Morgan fingerprint density at radius 2 is 2.00 bits per heavy atom. The van der Waals surface area contributed by atoms with E-state index in [-0.39, 0.29) is 18.0 Å². The fourth-order valence-corrected chi connectivity index (χ4v) is 5.02. The molecule has 0 saturated carbocycles. The average Bonchev–Trinajstić information content (AvgIpc) is 3.31. The van der Waals surface area contributed by atoms with Crippen molar-refractivity contribution in [3.05, 3.63) is 58.6 Å². The first kappa shape index (κ1) is 20.5. The van der Waals surface area contributed by atoms with Crippen LogP contribution in [0.1, 0.15) is 35.5 Å². The van der Waals surface area contributed by atoms with Crippen LogP contribution < -0.4 is 5.32 Å². The first-order chi connectivity index (χ1) is 14.5. The van der Waals surface area contributed by atoms with Crippen LogP contribution in [0.25, 0.3) is 10.2 Å². The molecule has 1 N–H and O–H groups in total. The first-order valence-corrected chi connectivity index (χ1v) is 11.3. The van der Waals surface area contributed by atoms with Crippen LogP contribution in [0.3, 0.4) is 0 Å². The summed E-state index contributed by atoms with van der Waals surface area (Å²) in [4.78, 5) is 30.6. The molecule has 7 heteroatoms. The molecular formula is C23H28N4O2S. The second-order valence-corrected chi connectivity index (χ2v) is 8.75. The summed E-state index contributed by atoms with van der Waals surface area (Å²) >= 11 is 1.67. The van der Waals surface area contributed by atoms with Gasteiger partial charge in [-0.15, -0.1) is 11.3 Å². The van der Waals surface area contributed by atoms with Gasteiger partial charge in [0.1, 0.15) is 10.5 Å². The van der Waals surface area contributed by atoms with Crippen molar-refractivity contribution in [2.24, 2.45) is 0 Å². The number of hydrogen-bond acceptors (Lipinski definition) is 3. The third kappa shape index (κ3) is 3.81. The minimum Gasteiger partial charge on any atom is -0.338 e. The number of thiophene rings is 1. The Kier molecular flexibility index (Phi) is 5.81. The molecular weight excluding hydrogens is 396 g/mol. The van der Waals surface area contributed by atoms with Gasteiger partial charge in [0, 0.05) is 44.2 Å². The lowest BCUT2D eigenvalue weighted by Crippen LogP contribution is -2.57. The number of rotatable bonds is 4. The molecule has 0 aliphatic carbocycles. The van der Waals surface area contributed by atoms with Crippen molar-refractivity contribution in [1.29, 1.82) is 0 Å². The van der Waals surface area contributed by atoms with E-state index in [2.05, 4.69) is 40.4 Å². The summed E-state index contributed by atoms with van der Waals surface area (Å²) in [5.41, 5.74) is 3.16. The number of carbonyl (C=O) groups excluding carboxylic acids is 2. The van der Waals surface area contributed by atoms with E-state index in [0.717, 1.165) is 15.9 Å². The number of nitrogens with zero attached hydrogens (tertiary/aromatic N) is 3. The van der Waals surface area contributed by atoms with Crippen LogP contribution in [0.4, 0.5) is 4.79 Å². The van der Waals surface area contributed by atoms with Gasteiger partial charge in [-0.1, -0.05) is 24.3 Å². The van der Waals surface area contributed by atoms with E-state index < -0.39 is 0 Å². The van der Waals surface area contributed by atoms with Crippen LogP contribution in [0, 0.1) is 6.92 Å². The highest BCUT2D eigenvalue weighted by atomic mass is 32.1. The molecule has 0 spiro atoms. The maximum absolute atomic E-state index is 13.5. The number of piperazine rings is 1. The number of benzene rings is 1. The summed E-state index contributed by atoms with van der Waals surface area (Å²) in [5.74, 6) is 0.0365. The van der Waals surface area contributed by atoms with E-state index in [1.54, 1.807) is 11.3 Å². The third-order valence-corrected chi connectivity index (χ3v) is 6.77. The van der Waals surface area contributed by atoms with Crippen molar-refractivity contribution in [2.75, 3.05) is 26.2 Å². The number of carbonyl (C=O) groups is 2. The molecule has 1 aliphatic heterocycles. The van der Waals surface area contributed by atoms with Gasteiger partial charge < -0.3 is 19.7 Å². The van der Waals surface area contributed by atoms with E-state index in [9.17, 15) is 9.59 Å². The number of urea groups is 1. The van der Waals surface area contributed by atoms with Crippen LogP contribution in [-0.4, -0.2) is 58.5 Å². The summed E-state index contributed by atoms with van der Waals surface area (Å²) in [5, 5.41) is 6.03. The summed E-state index contributed by atoms with van der Waals surface area (Å²) in [6, 6.07) is 12.3. The van der Waals surface area contributed by atoms with Gasteiger partial charge in [-0.3, -0.25) is 4.79 Å². The molecule has 1 aromatic carbocycles. The van der Waals surface area contributed by atoms with Gasteiger partial charge in [0.15, 0.2) is 0 Å². The number of hydrogen-bond donors (Lipinski definition) is 1. The summed E-state index contributed by atoms with van der Waals surface area (Å²) in [7, 11) is 0. The van der Waals surface area contributed by atoms with Crippen LogP contribution in [-0.2, 0) is 6.54 Å². The van der Waals surface area contributed by atoms with E-state index in [1.807, 2.05) is 41.8 Å². The monoisotopic (exact) mass is 424 g/mol. The quantitative estimate of drug-likeness (QED) is 0.690. The van der Waals surface area contributed by atoms with Gasteiger partial charge in [0.25, 0.3) is 5.91 Å². The number of nitrogens with one attached hydrogen (secondary N) is 1. The Morgan fingerprint density at radius 1 is 1.20 bits per heavy atom. The van der Waals surface area contributed by atoms with Crippen LogP contribution >= 0.6 is 11.3 Å². The smallest absolute Gasteiger partial charge is 0.317 e. The van der Waals surface area contributed by atoms with E-state index in [0.29, 0.717) is 32.7 Å². The average molecular weight is 425 g/mol. The number of fused-ring (bicyclic) bond motifs is 1. The topological polar surface area (TPSA) is 57.6 Å². The molecule has 1 saturated heterocycles. The highest BCUT2D eigenvalue weighted by Gasteiger charge is 2.31. The van der Waals surface area contributed by atoms with Crippen LogP contribution in [0.2, 0.25) is 0 Å². The highest BCUT2D eigenvalue weighted by Crippen LogP contribution is 2.28. The molecule has 3 heterocycles. The standard InChI is InChI=1S/C23H28N4O2S/c1-4-24-23(29)26-11-10-25(14-17(26)3)21(28)20-13-18-9-12-30-22(18)27(20)15-19-8-6-5-7-16(19)2/h5-9,12-13,17H,4,10-11,14-15H2,1-3H3,(H,24,29)/t17-/m0/s1. The second kappa shape index (κ2) is 8.52. The summed E-state index contributed by atoms with van der Waals surface area (Å²) in [6.45, 7) is 8.93. The van der Waals surface area contributed by atoms with Crippen molar-refractivity contribution in [1.82, 2.24) is 19.7 Å². The van der Waals surface area contributed by atoms with Crippen LogP contribution in [0.15, 0.2) is 41.8 Å². The van der Waals surface area contributed by atoms with Crippen molar-refractivity contribution in [3.63, 3.8) is 0 Å². The normalized spacial score (nSPS) is 16.8. The van der Waals surface area contributed by atoms with E-state index in [1.165, 1.54) is 11.1 Å². The Hall–Kier alpha value is -2.80. The molecule has 0 bridgehead atoms. The Morgan fingerprint density at radius 3 is 2.73 bits per heavy atom. The Labute approximate surface area is 181 Å². The number of aryl methyl sites for hydroxylation is 1. The molecule has 6 nitrogen and oxygen atoms in total. The largest absolute Gasteiger partial charge is 0.338 e. The molecule has 1 aliphatic rings. The fourth-order valence-electron chi connectivity index (χ4n) is 4.13. The van der Waals surface area contributed by atoms with E-state index >= 15 is 0 Å². The molecule has 4 rings (SSSR count). The third-order valence-electron chi connectivity index (χ3n) is 5.81. The van der Waals surface area contributed by atoms with Crippen molar-refractivity contribution in [3.8, 4) is 0 Å². The zero-order valence-electron chi connectivity index (χ0n) is 17.7. The minimum atomic E-state index is -0.0551. The van der Waals surface area contributed by atoms with Gasteiger partial charge in [0.05, 0.1) is 0 Å². The minimum absolute atomic E-state index is 0.0184. The molecule has 30 heavy (non-hydrogen) atoms. The fraction of sp³-hybridized carbons (Fsp3) is 0.391. The maximum Gasteiger partial charge on any atom is 0.317 e. The maximum atomic E-state index is 13.5. The summed E-state index contributed by atoms with van der Waals surface area (Å²) in [6.07, 6.45) is 0. The molecule has 158 valence electrons. The van der Waals surface area contributed by atoms with Gasteiger partial charge >= 0.3 is 6.03 Å². The molecule has 0 unspecified atom stereocenters. The number of aromatic nitrogens is 1. The summed E-state index contributed by atoms with van der Waals surface area (Å²) < 4.78 is 2.14. The van der Waals surface area contributed by atoms with E-state index in [4.69, 9.17) is 0 Å². The predicted molar refractivity (Wildman–Crippen MR) is 121 cm³/mol. The molecule has 0 radical (unpaired) electrons. The molecule has 1 atom stereocenters. The van der Waals surface area contributed by atoms with Gasteiger partial charge in [-0.2, -0.15) is 0 Å². The van der Waals surface area contributed by atoms with Gasteiger partial charge in [0.2, 0.25) is 0 Å². The highest BCUT2D eigenvalue weighted by molar-refractivity contribution is 7.16. The lowest BCUT2D eigenvalue weighted by atomic mass is 10.1.